The summed E-state index contributed by atoms with van der Waals surface area (Å²) in [6.45, 7) is 5.30. The van der Waals surface area contributed by atoms with Crippen LogP contribution < -0.4 is 10.0 Å². The number of hydrogen-bond acceptors (Lipinski definition) is 7. The van der Waals surface area contributed by atoms with Gasteiger partial charge in [0.1, 0.15) is 12.6 Å². The molecular formula is C29H32N2O7S. The van der Waals surface area contributed by atoms with Crippen molar-refractivity contribution in [3.8, 4) is 11.1 Å². The van der Waals surface area contributed by atoms with E-state index in [1.807, 2.05) is 18.2 Å². The molecule has 9 nitrogen and oxygen atoms in total. The molecule has 0 aliphatic carbocycles. The molecule has 3 aromatic rings. The number of esters is 2. The van der Waals surface area contributed by atoms with Crippen LogP contribution in [0.2, 0.25) is 0 Å². The summed E-state index contributed by atoms with van der Waals surface area (Å²) in [4.78, 5) is 37.6. The SMILES string of the molecule is COC(=O)C(CC(=O)OCc1ccccc1)NC(=O)c1ccc(-c2ccccc2S(=O)(=O)NC(C)(C)C)cc1. The normalized spacial score (nSPS) is 12.3. The fourth-order valence-corrected chi connectivity index (χ4v) is 5.39. The molecule has 3 aromatic carbocycles. The number of rotatable bonds is 10. The average molecular weight is 553 g/mol. The highest BCUT2D eigenvalue weighted by Crippen LogP contribution is 2.28. The van der Waals surface area contributed by atoms with Crippen LogP contribution in [0, 0.1) is 0 Å². The Balaban J connectivity index is 1.73. The van der Waals surface area contributed by atoms with Gasteiger partial charge in [0.25, 0.3) is 5.91 Å². The molecule has 0 aromatic heterocycles. The van der Waals surface area contributed by atoms with Gasteiger partial charge in [-0.2, -0.15) is 0 Å². The lowest BCUT2D eigenvalue weighted by Crippen LogP contribution is -2.43. The Morgan fingerprint density at radius 2 is 1.49 bits per heavy atom. The van der Waals surface area contributed by atoms with Crippen molar-refractivity contribution >= 4 is 27.9 Å². The van der Waals surface area contributed by atoms with Gasteiger partial charge in [0.2, 0.25) is 10.0 Å². The molecule has 1 unspecified atom stereocenters. The van der Waals surface area contributed by atoms with Crippen molar-refractivity contribution in [2.24, 2.45) is 0 Å². The summed E-state index contributed by atoms with van der Waals surface area (Å²) in [5.41, 5.74) is 1.37. The molecule has 206 valence electrons. The van der Waals surface area contributed by atoms with Crippen LogP contribution >= 0.6 is 0 Å². The molecule has 0 bridgehead atoms. The Morgan fingerprint density at radius 1 is 0.872 bits per heavy atom. The van der Waals surface area contributed by atoms with Crippen LogP contribution in [-0.4, -0.2) is 45.0 Å². The van der Waals surface area contributed by atoms with Gasteiger partial charge in [0.05, 0.1) is 18.4 Å². The van der Waals surface area contributed by atoms with E-state index in [1.165, 1.54) is 18.2 Å². The van der Waals surface area contributed by atoms with Gasteiger partial charge in [-0.3, -0.25) is 9.59 Å². The lowest BCUT2D eigenvalue weighted by atomic mass is 10.0. The largest absolute Gasteiger partial charge is 0.467 e. The summed E-state index contributed by atoms with van der Waals surface area (Å²) in [5, 5.41) is 2.51. The summed E-state index contributed by atoms with van der Waals surface area (Å²) in [6, 6.07) is 20.6. The minimum absolute atomic E-state index is 0.0332. The van der Waals surface area contributed by atoms with Crippen LogP contribution in [0.5, 0.6) is 0 Å². The average Bonchev–Trinajstić information content (AvgIpc) is 2.90. The number of sulfonamides is 1. The maximum atomic E-state index is 13.0. The summed E-state index contributed by atoms with van der Waals surface area (Å²) in [7, 11) is -2.65. The van der Waals surface area contributed by atoms with Crippen LogP contribution in [0.3, 0.4) is 0 Å². The van der Waals surface area contributed by atoms with E-state index in [9.17, 15) is 22.8 Å². The zero-order valence-electron chi connectivity index (χ0n) is 22.3. The Hall–Kier alpha value is -4.02. The summed E-state index contributed by atoms with van der Waals surface area (Å²) < 4.78 is 38.6. The molecule has 39 heavy (non-hydrogen) atoms. The van der Waals surface area contributed by atoms with Crippen molar-refractivity contribution in [3.05, 3.63) is 90.0 Å². The van der Waals surface area contributed by atoms with Crippen LogP contribution in [0.1, 0.15) is 43.1 Å². The van der Waals surface area contributed by atoms with E-state index in [-0.39, 0.29) is 17.1 Å². The summed E-state index contributed by atoms with van der Waals surface area (Å²) in [6.07, 6.45) is -0.407. The number of carbonyl (C=O) groups excluding carboxylic acids is 3. The molecule has 0 heterocycles. The lowest BCUT2D eigenvalue weighted by Gasteiger charge is -2.21. The quantitative estimate of drug-likeness (QED) is 0.366. The predicted molar refractivity (Wildman–Crippen MR) is 146 cm³/mol. The molecule has 3 rings (SSSR count). The van der Waals surface area contributed by atoms with Crippen molar-refractivity contribution in [1.29, 1.82) is 0 Å². The molecule has 1 amide bonds. The first-order valence-electron chi connectivity index (χ1n) is 12.2. The van der Waals surface area contributed by atoms with E-state index in [0.29, 0.717) is 11.1 Å². The fraction of sp³-hybridized carbons (Fsp3) is 0.276. The van der Waals surface area contributed by atoms with Crippen LogP contribution in [0.15, 0.2) is 83.8 Å². The monoisotopic (exact) mass is 552 g/mol. The van der Waals surface area contributed by atoms with E-state index in [2.05, 4.69) is 10.0 Å². The maximum absolute atomic E-state index is 13.0. The van der Waals surface area contributed by atoms with E-state index in [1.54, 1.807) is 63.2 Å². The van der Waals surface area contributed by atoms with Gasteiger partial charge in [-0.25, -0.2) is 17.9 Å². The van der Waals surface area contributed by atoms with Crippen LogP contribution in [-0.2, 0) is 35.7 Å². The Kier molecular flexibility index (Phi) is 9.61. The minimum atomic E-state index is -3.81. The van der Waals surface area contributed by atoms with Crippen LogP contribution in [0.25, 0.3) is 11.1 Å². The smallest absolute Gasteiger partial charge is 0.328 e. The first kappa shape index (κ1) is 29.5. The van der Waals surface area contributed by atoms with Crippen molar-refractivity contribution in [2.45, 2.75) is 50.3 Å². The molecule has 10 heteroatoms. The third kappa shape index (κ3) is 8.49. The zero-order chi connectivity index (χ0) is 28.6. The number of carbonyl (C=O) groups is 3. The number of ether oxygens (including phenoxy) is 2. The number of amides is 1. The fourth-order valence-electron chi connectivity index (χ4n) is 3.74. The van der Waals surface area contributed by atoms with Gasteiger partial charge in [0, 0.05) is 16.7 Å². The van der Waals surface area contributed by atoms with Gasteiger partial charge >= 0.3 is 11.9 Å². The van der Waals surface area contributed by atoms with Crippen molar-refractivity contribution in [3.63, 3.8) is 0 Å². The van der Waals surface area contributed by atoms with Gasteiger partial charge in [-0.1, -0.05) is 60.7 Å². The Labute approximate surface area is 228 Å². The van der Waals surface area contributed by atoms with E-state index in [4.69, 9.17) is 9.47 Å². The van der Waals surface area contributed by atoms with Crippen molar-refractivity contribution < 1.29 is 32.3 Å². The first-order chi connectivity index (χ1) is 18.4. The van der Waals surface area contributed by atoms with Gasteiger partial charge in [-0.15, -0.1) is 0 Å². The molecule has 0 saturated heterocycles. The Bertz CT molecular complexity index is 1410. The first-order valence-corrected chi connectivity index (χ1v) is 13.7. The topological polar surface area (TPSA) is 128 Å². The number of methoxy groups -OCH3 is 1. The second kappa shape index (κ2) is 12.7. The number of hydrogen-bond donors (Lipinski definition) is 2. The Morgan fingerprint density at radius 3 is 2.10 bits per heavy atom. The van der Waals surface area contributed by atoms with E-state index in [0.717, 1.165) is 12.7 Å². The molecular weight excluding hydrogens is 520 g/mol. The molecule has 0 saturated carbocycles. The molecule has 0 spiro atoms. The number of benzene rings is 3. The zero-order valence-corrected chi connectivity index (χ0v) is 23.1. The minimum Gasteiger partial charge on any atom is -0.467 e. The molecule has 1 atom stereocenters. The summed E-state index contributed by atoms with van der Waals surface area (Å²) >= 11 is 0. The third-order valence-electron chi connectivity index (χ3n) is 5.48. The highest BCUT2D eigenvalue weighted by molar-refractivity contribution is 7.89. The molecule has 0 radical (unpaired) electrons. The van der Waals surface area contributed by atoms with Gasteiger partial charge < -0.3 is 14.8 Å². The molecule has 0 aliphatic rings. The highest BCUT2D eigenvalue weighted by atomic mass is 32.2. The van der Waals surface area contributed by atoms with Crippen molar-refractivity contribution in [1.82, 2.24) is 10.0 Å². The van der Waals surface area contributed by atoms with Crippen LogP contribution in [0.4, 0.5) is 0 Å². The second-order valence-corrected chi connectivity index (χ2v) is 11.5. The molecule has 0 fully saturated rings. The highest BCUT2D eigenvalue weighted by Gasteiger charge is 2.27. The maximum Gasteiger partial charge on any atom is 0.328 e. The van der Waals surface area contributed by atoms with Gasteiger partial charge in [-0.05, 0) is 50.1 Å². The predicted octanol–water partition coefficient (Wildman–Crippen LogP) is 3.84. The molecule has 2 N–H and O–H groups in total. The second-order valence-electron chi connectivity index (χ2n) is 9.83. The van der Waals surface area contributed by atoms with Crippen molar-refractivity contribution in [2.75, 3.05) is 7.11 Å². The lowest BCUT2D eigenvalue weighted by molar-refractivity contribution is -0.151. The standard InChI is InChI=1S/C29H32N2O7S/c1-29(2,3)31-39(35,36)25-13-9-8-12-23(25)21-14-16-22(17-15-21)27(33)30-24(28(34)37-4)18-26(32)38-19-20-10-6-5-7-11-20/h5-17,24,31H,18-19H2,1-4H3,(H,30,33). The van der Waals surface area contributed by atoms with E-state index >= 15 is 0 Å². The third-order valence-corrected chi connectivity index (χ3v) is 7.30. The molecule has 0 aliphatic heterocycles. The van der Waals surface area contributed by atoms with Gasteiger partial charge in [0.15, 0.2) is 0 Å². The summed E-state index contributed by atoms with van der Waals surface area (Å²) in [5.74, 6) is -2.07. The van der Waals surface area contributed by atoms with E-state index < -0.39 is 45.9 Å². The number of nitrogens with one attached hydrogen (secondary N) is 2.